The molecule has 1 aliphatic carbocycles. The zero-order valence-corrected chi connectivity index (χ0v) is 11.1. The van der Waals surface area contributed by atoms with E-state index in [0.29, 0.717) is 0 Å². The van der Waals surface area contributed by atoms with E-state index in [2.05, 4.69) is 0 Å². The molecule has 0 N–H and O–H groups in total. The Hall–Kier alpha value is -3.69. The van der Waals surface area contributed by atoms with E-state index in [9.17, 15) is 35.1 Å². The second kappa shape index (κ2) is 4.66. The van der Waals surface area contributed by atoms with Crippen molar-refractivity contribution in [1.29, 1.82) is 0 Å². The minimum Gasteiger partial charge on any atom is -0.289 e. The third-order valence-electron chi connectivity index (χ3n) is 3.48. The number of ketones is 1. The summed E-state index contributed by atoms with van der Waals surface area (Å²) in [5.74, 6) is -0.642. The van der Waals surface area contributed by atoms with Crippen LogP contribution in [0, 0.1) is 30.3 Å². The normalized spacial score (nSPS) is 11.7. The third-order valence-corrected chi connectivity index (χ3v) is 3.48. The number of carbonyl (C=O) groups excluding carboxylic acids is 1. The molecule has 0 fully saturated rings. The summed E-state index contributed by atoms with van der Waals surface area (Å²) in [5, 5.41) is 32.9. The van der Waals surface area contributed by atoms with Crippen molar-refractivity contribution in [3.63, 3.8) is 0 Å². The van der Waals surface area contributed by atoms with Crippen LogP contribution in [0.2, 0.25) is 0 Å². The molecule has 0 saturated carbocycles. The first kappa shape index (κ1) is 14.3. The molecule has 0 unspecified atom stereocenters. The number of carbonyl (C=O) groups is 1. The van der Waals surface area contributed by atoms with E-state index in [1.54, 1.807) is 0 Å². The lowest BCUT2D eigenvalue weighted by atomic mass is 10.0. The van der Waals surface area contributed by atoms with Crippen LogP contribution in [0.25, 0.3) is 11.1 Å². The first-order valence-electron chi connectivity index (χ1n) is 6.11. The fraction of sp³-hybridized carbons (Fsp3) is 0. The van der Waals surface area contributed by atoms with Gasteiger partial charge in [0.25, 0.3) is 17.1 Å². The van der Waals surface area contributed by atoms with Crippen molar-refractivity contribution in [2.24, 2.45) is 0 Å². The molecule has 0 bridgehead atoms. The molecule has 0 aliphatic heterocycles. The molecule has 0 saturated heterocycles. The van der Waals surface area contributed by atoms with Crippen LogP contribution in [-0.4, -0.2) is 20.6 Å². The van der Waals surface area contributed by atoms with Gasteiger partial charge in [-0.2, -0.15) is 0 Å². The number of rotatable bonds is 3. The molecular weight excluding hydrogens is 310 g/mol. The van der Waals surface area contributed by atoms with Crippen molar-refractivity contribution in [1.82, 2.24) is 0 Å². The zero-order chi connectivity index (χ0) is 16.9. The Balaban J connectivity index is 2.38. The van der Waals surface area contributed by atoms with Gasteiger partial charge in [-0.25, -0.2) is 0 Å². The highest BCUT2D eigenvalue weighted by Gasteiger charge is 2.36. The Morgan fingerprint density at radius 3 is 1.87 bits per heavy atom. The average Bonchev–Trinajstić information content (AvgIpc) is 2.79. The highest BCUT2D eigenvalue weighted by Crippen LogP contribution is 2.45. The molecule has 3 rings (SSSR count). The lowest BCUT2D eigenvalue weighted by Crippen LogP contribution is -1.99. The fourth-order valence-electron chi connectivity index (χ4n) is 2.52. The van der Waals surface area contributed by atoms with Crippen LogP contribution in [0.3, 0.4) is 0 Å². The first-order chi connectivity index (χ1) is 10.8. The van der Waals surface area contributed by atoms with Crippen molar-refractivity contribution in [2.45, 2.75) is 0 Å². The van der Waals surface area contributed by atoms with Gasteiger partial charge in [0.05, 0.1) is 26.4 Å². The molecule has 0 atom stereocenters. The minimum atomic E-state index is -0.854. The van der Waals surface area contributed by atoms with Gasteiger partial charge in [-0.1, -0.05) is 0 Å². The molecule has 23 heavy (non-hydrogen) atoms. The third kappa shape index (κ3) is 2.00. The van der Waals surface area contributed by atoms with Gasteiger partial charge in [0, 0.05) is 34.9 Å². The molecule has 10 heteroatoms. The van der Waals surface area contributed by atoms with E-state index in [1.165, 1.54) is 6.07 Å². The first-order valence-corrected chi connectivity index (χ1v) is 6.11. The van der Waals surface area contributed by atoms with Crippen molar-refractivity contribution >= 4 is 22.8 Å². The number of fused-ring (bicyclic) bond motifs is 3. The van der Waals surface area contributed by atoms with E-state index in [1.807, 2.05) is 0 Å². The van der Waals surface area contributed by atoms with E-state index in [-0.39, 0.29) is 27.9 Å². The van der Waals surface area contributed by atoms with Crippen LogP contribution in [0.15, 0.2) is 30.3 Å². The van der Waals surface area contributed by atoms with Crippen LogP contribution in [0.1, 0.15) is 15.9 Å². The standard InChI is InChI=1S/C13H5N3O7/c17-13-8-2-1-6(14(18)19)3-9(8)12-10(13)4-7(15(20)21)5-11(12)16(22)23/h1-5H. The van der Waals surface area contributed by atoms with Gasteiger partial charge in [-0.05, 0) is 6.07 Å². The maximum absolute atomic E-state index is 12.3. The summed E-state index contributed by atoms with van der Waals surface area (Å²) in [6.45, 7) is 0. The van der Waals surface area contributed by atoms with Gasteiger partial charge in [-0.3, -0.25) is 35.1 Å². The summed E-state index contributed by atoms with van der Waals surface area (Å²) in [5.41, 5.74) is -1.84. The van der Waals surface area contributed by atoms with Crippen LogP contribution < -0.4 is 0 Å². The van der Waals surface area contributed by atoms with Crippen molar-refractivity contribution in [3.8, 4) is 11.1 Å². The predicted octanol–water partition coefficient (Wildman–Crippen LogP) is 2.62. The van der Waals surface area contributed by atoms with Crippen LogP contribution in [-0.2, 0) is 0 Å². The minimum absolute atomic E-state index is 0.0285. The summed E-state index contributed by atoms with van der Waals surface area (Å²) < 4.78 is 0. The maximum atomic E-state index is 12.3. The highest BCUT2D eigenvalue weighted by molar-refractivity contribution is 6.23. The zero-order valence-electron chi connectivity index (χ0n) is 11.1. The van der Waals surface area contributed by atoms with Crippen molar-refractivity contribution in [2.75, 3.05) is 0 Å². The SMILES string of the molecule is O=C1c2ccc([N+](=O)[O-])cc2-c2c1cc([N+](=O)[O-])cc2[N+](=O)[O-]. The van der Waals surface area contributed by atoms with Gasteiger partial charge >= 0.3 is 0 Å². The van der Waals surface area contributed by atoms with E-state index in [0.717, 1.165) is 24.3 Å². The second-order valence-electron chi connectivity index (χ2n) is 4.72. The predicted molar refractivity (Wildman–Crippen MR) is 75.3 cm³/mol. The molecule has 0 radical (unpaired) electrons. The van der Waals surface area contributed by atoms with Crippen LogP contribution >= 0.6 is 0 Å². The van der Waals surface area contributed by atoms with Gasteiger partial charge in [-0.15, -0.1) is 0 Å². The van der Waals surface area contributed by atoms with Crippen molar-refractivity contribution < 1.29 is 19.6 Å². The van der Waals surface area contributed by atoms with Crippen LogP contribution in [0.5, 0.6) is 0 Å². The fourth-order valence-corrected chi connectivity index (χ4v) is 2.52. The maximum Gasteiger partial charge on any atom is 0.284 e. The number of nitro groups is 3. The molecule has 2 aromatic rings. The molecule has 0 spiro atoms. The van der Waals surface area contributed by atoms with Gasteiger partial charge in [0.2, 0.25) is 0 Å². The largest absolute Gasteiger partial charge is 0.289 e. The number of non-ortho nitro benzene ring substituents is 2. The van der Waals surface area contributed by atoms with E-state index < -0.39 is 31.9 Å². The molecule has 0 aromatic heterocycles. The Morgan fingerprint density at radius 1 is 0.696 bits per heavy atom. The van der Waals surface area contributed by atoms with Gasteiger partial charge < -0.3 is 0 Å². The highest BCUT2D eigenvalue weighted by atomic mass is 16.6. The summed E-state index contributed by atoms with van der Waals surface area (Å²) in [4.78, 5) is 42.9. The van der Waals surface area contributed by atoms with Gasteiger partial charge in [0.1, 0.15) is 0 Å². The second-order valence-corrected chi connectivity index (χ2v) is 4.72. The summed E-state index contributed by atoms with van der Waals surface area (Å²) >= 11 is 0. The van der Waals surface area contributed by atoms with Crippen molar-refractivity contribution in [3.05, 3.63) is 71.8 Å². The molecule has 0 amide bonds. The van der Waals surface area contributed by atoms with E-state index in [4.69, 9.17) is 0 Å². The van der Waals surface area contributed by atoms with Gasteiger partial charge in [0.15, 0.2) is 5.78 Å². The molecule has 1 aliphatic rings. The smallest absolute Gasteiger partial charge is 0.284 e. The molecule has 10 nitrogen and oxygen atoms in total. The number of nitrogens with zero attached hydrogens (tertiary/aromatic N) is 3. The lowest BCUT2D eigenvalue weighted by Gasteiger charge is -2.02. The Labute approximate surface area is 126 Å². The molecular formula is C13H5N3O7. The average molecular weight is 315 g/mol. The molecule has 114 valence electrons. The quantitative estimate of drug-likeness (QED) is 0.533. The monoisotopic (exact) mass is 315 g/mol. The van der Waals surface area contributed by atoms with Crippen LogP contribution in [0.4, 0.5) is 17.1 Å². The number of hydrogen-bond acceptors (Lipinski definition) is 7. The lowest BCUT2D eigenvalue weighted by molar-refractivity contribution is -0.393. The number of nitro benzene ring substituents is 3. The molecule has 0 heterocycles. The van der Waals surface area contributed by atoms with E-state index >= 15 is 0 Å². The Kier molecular flexibility index (Phi) is 2.89. The Morgan fingerprint density at radius 2 is 1.30 bits per heavy atom. The topological polar surface area (TPSA) is 146 Å². The summed E-state index contributed by atoms with van der Waals surface area (Å²) in [7, 11) is 0. The summed E-state index contributed by atoms with van der Waals surface area (Å²) in [6, 6.07) is 5.02. The molecule has 2 aromatic carbocycles. The number of benzene rings is 2. The Bertz CT molecular complexity index is 935. The number of hydrogen-bond donors (Lipinski definition) is 0. The summed E-state index contributed by atoms with van der Waals surface area (Å²) in [6.07, 6.45) is 0.